The number of fused-ring (bicyclic) bond motifs is 1. The van der Waals surface area contributed by atoms with E-state index in [4.69, 9.17) is 4.74 Å². The maximum Gasteiger partial charge on any atom is 0.301 e. The summed E-state index contributed by atoms with van der Waals surface area (Å²) < 4.78 is 6.17. The zero-order chi connectivity index (χ0) is 26.4. The maximum atomic E-state index is 13.5. The SMILES string of the molecule is COc1ccc2nc(N3C(=O)C(=O)/C(=C(/O)c4cc(C)ccc4C)C3c3ccc(C(C)C)cc3)sc2c1. The number of Topliss-reactive ketones (excluding diaryl/α,β-unsaturated/α-hetero) is 1. The second-order valence-electron chi connectivity index (χ2n) is 9.64. The van der Waals surface area contributed by atoms with Crippen molar-refractivity contribution >= 4 is 44.1 Å². The summed E-state index contributed by atoms with van der Waals surface area (Å²) in [6, 6.07) is 18.2. The Morgan fingerprint density at radius 1 is 1.03 bits per heavy atom. The first kappa shape index (κ1) is 24.7. The number of aliphatic hydroxyl groups excluding tert-OH is 1. The molecule has 0 saturated carbocycles. The van der Waals surface area contributed by atoms with Gasteiger partial charge in [-0.3, -0.25) is 14.5 Å². The molecule has 0 bridgehead atoms. The highest BCUT2D eigenvalue weighted by Crippen LogP contribution is 2.45. The molecule has 1 aliphatic heterocycles. The Morgan fingerprint density at radius 2 is 1.76 bits per heavy atom. The molecule has 188 valence electrons. The third kappa shape index (κ3) is 4.29. The number of aliphatic hydroxyl groups is 1. The Kier molecular flexibility index (Phi) is 6.33. The first-order valence-electron chi connectivity index (χ1n) is 12.1. The Morgan fingerprint density at radius 3 is 2.43 bits per heavy atom. The minimum Gasteiger partial charge on any atom is -0.507 e. The van der Waals surface area contributed by atoms with Crippen LogP contribution in [0, 0.1) is 13.8 Å². The molecule has 0 spiro atoms. The summed E-state index contributed by atoms with van der Waals surface area (Å²) in [5.41, 5.74) is 4.93. The van der Waals surface area contributed by atoms with Gasteiger partial charge < -0.3 is 9.84 Å². The van der Waals surface area contributed by atoms with Crippen LogP contribution in [0.15, 0.2) is 66.2 Å². The molecule has 1 amide bonds. The molecule has 2 heterocycles. The predicted molar refractivity (Wildman–Crippen MR) is 147 cm³/mol. The number of carbonyl (C=O) groups excluding carboxylic acids is 2. The number of methoxy groups -OCH3 is 1. The maximum absolute atomic E-state index is 13.5. The van der Waals surface area contributed by atoms with Crippen LogP contribution < -0.4 is 9.64 Å². The standard InChI is InChI=1S/C30H28N2O4S/c1-16(2)19-8-10-20(11-9-19)26-25(27(33)22-14-17(3)6-7-18(22)4)28(34)29(35)32(26)30-31-23-13-12-21(36-5)15-24(23)37-30/h6-16,26,33H,1-5H3/b27-25+. The topological polar surface area (TPSA) is 79.7 Å². The van der Waals surface area contributed by atoms with Crippen LogP contribution in [0.5, 0.6) is 5.75 Å². The predicted octanol–water partition coefficient (Wildman–Crippen LogP) is 6.67. The lowest BCUT2D eigenvalue weighted by molar-refractivity contribution is -0.132. The van der Waals surface area contributed by atoms with Crippen molar-refractivity contribution in [2.75, 3.05) is 12.0 Å². The average Bonchev–Trinajstić information content (AvgIpc) is 3.42. The van der Waals surface area contributed by atoms with E-state index >= 15 is 0 Å². The van der Waals surface area contributed by atoms with Gasteiger partial charge in [0.15, 0.2) is 5.13 Å². The fourth-order valence-electron chi connectivity index (χ4n) is 4.67. The van der Waals surface area contributed by atoms with Crippen LogP contribution in [0.25, 0.3) is 16.0 Å². The number of ether oxygens (including phenoxy) is 1. The van der Waals surface area contributed by atoms with Crippen molar-refractivity contribution in [3.63, 3.8) is 0 Å². The first-order valence-corrected chi connectivity index (χ1v) is 12.9. The lowest BCUT2D eigenvalue weighted by atomic mass is 9.92. The molecule has 6 nitrogen and oxygen atoms in total. The molecule has 0 radical (unpaired) electrons. The number of anilines is 1. The minimum atomic E-state index is -0.816. The fraction of sp³-hybridized carbons (Fsp3) is 0.233. The lowest BCUT2D eigenvalue weighted by Crippen LogP contribution is -2.29. The van der Waals surface area contributed by atoms with Crippen molar-refractivity contribution in [1.82, 2.24) is 4.98 Å². The number of aryl methyl sites for hydroxylation is 2. The number of benzene rings is 3. The molecule has 0 aliphatic carbocycles. The van der Waals surface area contributed by atoms with E-state index in [1.165, 1.54) is 16.2 Å². The quantitative estimate of drug-likeness (QED) is 0.183. The van der Waals surface area contributed by atoms with Gasteiger partial charge in [0, 0.05) is 5.56 Å². The van der Waals surface area contributed by atoms with E-state index in [2.05, 4.69) is 18.8 Å². The van der Waals surface area contributed by atoms with Gasteiger partial charge in [0.2, 0.25) is 0 Å². The highest BCUT2D eigenvalue weighted by molar-refractivity contribution is 7.22. The summed E-state index contributed by atoms with van der Waals surface area (Å²) >= 11 is 1.31. The zero-order valence-electron chi connectivity index (χ0n) is 21.4. The summed E-state index contributed by atoms with van der Waals surface area (Å²) in [6.45, 7) is 8.01. The van der Waals surface area contributed by atoms with Gasteiger partial charge in [-0.25, -0.2) is 4.98 Å². The first-order chi connectivity index (χ1) is 17.7. The van der Waals surface area contributed by atoms with Crippen molar-refractivity contribution in [2.24, 2.45) is 0 Å². The van der Waals surface area contributed by atoms with Crippen molar-refractivity contribution in [1.29, 1.82) is 0 Å². The second-order valence-corrected chi connectivity index (χ2v) is 10.6. The molecule has 1 fully saturated rings. The van der Waals surface area contributed by atoms with Gasteiger partial charge in [0.05, 0.1) is 28.9 Å². The molecule has 5 rings (SSSR count). The number of amides is 1. The summed E-state index contributed by atoms with van der Waals surface area (Å²) in [5, 5.41) is 11.9. The number of hydrogen-bond acceptors (Lipinski definition) is 6. The number of carbonyl (C=O) groups is 2. The van der Waals surface area contributed by atoms with Gasteiger partial charge in [0.1, 0.15) is 11.5 Å². The number of hydrogen-bond donors (Lipinski definition) is 1. The number of ketones is 1. The van der Waals surface area contributed by atoms with E-state index in [1.54, 1.807) is 7.11 Å². The normalized spacial score (nSPS) is 17.2. The third-order valence-corrected chi connectivity index (χ3v) is 7.82. The Bertz CT molecular complexity index is 1570. The van der Waals surface area contributed by atoms with Crippen LogP contribution in [0.1, 0.15) is 53.6 Å². The number of thiazole rings is 1. The Balaban J connectivity index is 1.73. The third-order valence-electron chi connectivity index (χ3n) is 6.80. The fourth-order valence-corrected chi connectivity index (χ4v) is 5.69. The van der Waals surface area contributed by atoms with E-state index in [9.17, 15) is 14.7 Å². The second kappa shape index (κ2) is 9.48. The summed E-state index contributed by atoms with van der Waals surface area (Å²) in [6.07, 6.45) is 0. The van der Waals surface area contributed by atoms with E-state index in [1.807, 2.05) is 74.5 Å². The molecule has 37 heavy (non-hydrogen) atoms. The summed E-state index contributed by atoms with van der Waals surface area (Å²) in [7, 11) is 1.59. The Hall–Kier alpha value is -3.97. The van der Waals surface area contributed by atoms with Crippen LogP contribution >= 0.6 is 11.3 Å². The van der Waals surface area contributed by atoms with Gasteiger partial charge in [-0.05, 0) is 60.7 Å². The van der Waals surface area contributed by atoms with Crippen LogP contribution in [0.2, 0.25) is 0 Å². The molecular formula is C30H28N2O4S. The molecule has 7 heteroatoms. The molecule has 3 aromatic carbocycles. The highest BCUT2D eigenvalue weighted by atomic mass is 32.1. The van der Waals surface area contributed by atoms with Crippen molar-refractivity contribution in [3.05, 3.63) is 94.1 Å². The van der Waals surface area contributed by atoms with Crippen LogP contribution in [-0.4, -0.2) is 28.9 Å². The molecule has 1 aromatic heterocycles. The molecule has 1 aliphatic rings. The lowest BCUT2D eigenvalue weighted by Gasteiger charge is -2.23. The van der Waals surface area contributed by atoms with Gasteiger partial charge in [-0.2, -0.15) is 0 Å². The molecule has 1 unspecified atom stereocenters. The molecular weight excluding hydrogens is 484 g/mol. The monoisotopic (exact) mass is 512 g/mol. The summed E-state index contributed by atoms with van der Waals surface area (Å²) in [5.74, 6) is -0.609. The average molecular weight is 513 g/mol. The highest BCUT2D eigenvalue weighted by Gasteiger charge is 2.48. The van der Waals surface area contributed by atoms with E-state index in [0.717, 1.165) is 27.0 Å². The van der Waals surface area contributed by atoms with Gasteiger partial charge in [0.25, 0.3) is 5.78 Å². The smallest absolute Gasteiger partial charge is 0.301 e. The van der Waals surface area contributed by atoms with Gasteiger partial charge in [-0.15, -0.1) is 0 Å². The van der Waals surface area contributed by atoms with Crippen molar-refractivity contribution in [3.8, 4) is 5.75 Å². The largest absolute Gasteiger partial charge is 0.507 e. The molecule has 1 N–H and O–H groups in total. The van der Waals surface area contributed by atoms with Crippen LogP contribution in [0.3, 0.4) is 0 Å². The van der Waals surface area contributed by atoms with Gasteiger partial charge >= 0.3 is 5.91 Å². The van der Waals surface area contributed by atoms with Crippen LogP contribution in [0.4, 0.5) is 5.13 Å². The number of aromatic nitrogens is 1. The molecule has 4 aromatic rings. The van der Waals surface area contributed by atoms with Crippen molar-refractivity contribution in [2.45, 2.75) is 39.7 Å². The molecule has 1 saturated heterocycles. The van der Waals surface area contributed by atoms with E-state index < -0.39 is 17.7 Å². The number of nitrogens with zero attached hydrogens (tertiary/aromatic N) is 2. The van der Waals surface area contributed by atoms with Gasteiger partial charge in [-0.1, -0.05) is 67.1 Å². The van der Waals surface area contributed by atoms with Crippen LogP contribution in [-0.2, 0) is 9.59 Å². The summed E-state index contributed by atoms with van der Waals surface area (Å²) in [4.78, 5) is 33.2. The van der Waals surface area contributed by atoms with Crippen molar-refractivity contribution < 1.29 is 19.4 Å². The van der Waals surface area contributed by atoms with E-state index in [0.29, 0.717) is 27.9 Å². The Labute approximate surface area is 219 Å². The van der Waals surface area contributed by atoms with E-state index in [-0.39, 0.29) is 11.3 Å². The zero-order valence-corrected chi connectivity index (χ0v) is 22.2. The molecule has 1 atom stereocenters. The minimum absolute atomic E-state index is 0.0628. The number of rotatable bonds is 5.